The number of β-lactam (4-membered cyclic amide) rings is 1. The van der Waals surface area contributed by atoms with Crippen LogP contribution in [-0.2, 0) is 43.3 Å². The Balaban J connectivity index is 1.48. The van der Waals surface area contributed by atoms with E-state index in [2.05, 4.69) is 5.32 Å². The molecule has 2 aromatic carbocycles. The van der Waals surface area contributed by atoms with Crippen LogP contribution in [0.25, 0.3) is 0 Å². The van der Waals surface area contributed by atoms with Crippen LogP contribution in [0.15, 0.2) is 65.2 Å². The molecule has 0 aromatic heterocycles. The first-order valence-corrected chi connectivity index (χ1v) is 13.1. The molecule has 0 spiro atoms. The normalized spacial score (nSPS) is 20.1. The lowest BCUT2D eigenvalue weighted by atomic mass is 9.85. The summed E-state index contributed by atoms with van der Waals surface area (Å²) in [4.78, 5) is 50.3. The molecule has 2 aliphatic heterocycles. The number of nitro groups is 1. The summed E-state index contributed by atoms with van der Waals surface area (Å²) >= 11 is -1.78. The third-order valence-electron chi connectivity index (χ3n) is 6.54. The van der Waals surface area contributed by atoms with Gasteiger partial charge in [0, 0.05) is 36.7 Å². The van der Waals surface area contributed by atoms with Gasteiger partial charge in [0.05, 0.1) is 23.3 Å². The van der Waals surface area contributed by atoms with E-state index in [9.17, 15) is 29.1 Å². The van der Waals surface area contributed by atoms with Gasteiger partial charge in [-0.25, -0.2) is 4.79 Å². The van der Waals surface area contributed by atoms with Gasteiger partial charge in [0.15, 0.2) is 16.0 Å². The van der Waals surface area contributed by atoms with E-state index in [1.807, 2.05) is 37.3 Å². The number of ether oxygens (including phenoxy) is 1. The third-order valence-corrected chi connectivity index (χ3v) is 8.14. The lowest BCUT2D eigenvalue weighted by Crippen LogP contribution is -2.58. The first-order valence-electron chi connectivity index (χ1n) is 11.9. The lowest BCUT2D eigenvalue weighted by Gasteiger charge is -2.42. The van der Waals surface area contributed by atoms with Crippen LogP contribution in [0.4, 0.5) is 5.69 Å². The van der Waals surface area contributed by atoms with E-state index in [4.69, 9.17) is 4.74 Å². The zero-order chi connectivity index (χ0) is 26.7. The number of carbonyl (C=O) groups is 3. The van der Waals surface area contributed by atoms with E-state index in [0.717, 1.165) is 5.56 Å². The van der Waals surface area contributed by atoms with Crippen molar-refractivity contribution in [2.45, 2.75) is 51.1 Å². The number of non-ortho nitro benzene ring substituents is 1. The minimum Gasteiger partial charge on any atom is -0.610 e. The Morgan fingerprint density at radius 2 is 1.84 bits per heavy atom. The number of hydrogen-bond acceptors (Lipinski definition) is 7. The first-order chi connectivity index (χ1) is 17.7. The monoisotopic (exact) mass is 525 g/mol. The van der Waals surface area contributed by atoms with E-state index < -0.39 is 27.4 Å². The molecule has 194 valence electrons. The van der Waals surface area contributed by atoms with Gasteiger partial charge in [-0.2, -0.15) is 0 Å². The molecule has 4 unspecified atom stereocenters. The molecule has 0 bridgehead atoms. The fourth-order valence-corrected chi connectivity index (χ4v) is 6.00. The van der Waals surface area contributed by atoms with E-state index >= 15 is 0 Å². The Labute approximate surface area is 217 Å². The highest BCUT2D eigenvalue weighted by atomic mass is 32.2. The number of hydrogen-bond donors (Lipinski definition) is 1. The maximum absolute atomic E-state index is 13.5. The average molecular weight is 526 g/mol. The molecule has 4 rings (SSSR count). The number of benzene rings is 2. The second-order valence-electron chi connectivity index (χ2n) is 8.94. The van der Waals surface area contributed by atoms with E-state index in [0.29, 0.717) is 12.0 Å². The molecule has 0 aliphatic carbocycles. The van der Waals surface area contributed by atoms with Gasteiger partial charge in [0.2, 0.25) is 11.8 Å². The number of nitrogens with one attached hydrogen (secondary N) is 1. The maximum atomic E-state index is 13.5. The van der Waals surface area contributed by atoms with E-state index in [1.54, 1.807) is 6.92 Å². The van der Waals surface area contributed by atoms with Gasteiger partial charge in [-0.05, 0) is 29.7 Å². The summed E-state index contributed by atoms with van der Waals surface area (Å²) in [5, 5.41) is 12.8. The summed E-state index contributed by atoms with van der Waals surface area (Å²) in [7, 11) is 0. The molecule has 37 heavy (non-hydrogen) atoms. The molecule has 2 amide bonds. The second kappa shape index (κ2) is 11.1. The van der Waals surface area contributed by atoms with Gasteiger partial charge >= 0.3 is 5.97 Å². The van der Waals surface area contributed by atoms with Gasteiger partial charge in [-0.1, -0.05) is 37.3 Å². The highest BCUT2D eigenvalue weighted by molar-refractivity contribution is 7.95. The van der Waals surface area contributed by atoms with Crippen LogP contribution in [0.2, 0.25) is 0 Å². The Bertz CT molecular complexity index is 1230. The highest BCUT2D eigenvalue weighted by Gasteiger charge is 2.57. The summed E-state index contributed by atoms with van der Waals surface area (Å²) in [6.07, 6.45) is 0.975. The molecule has 1 fully saturated rings. The van der Waals surface area contributed by atoms with E-state index in [1.165, 1.54) is 29.2 Å². The molecule has 1 saturated heterocycles. The number of fused-ring (bicyclic) bond motifs is 1. The van der Waals surface area contributed by atoms with Gasteiger partial charge in [0.25, 0.3) is 5.69 Å². The highest BCUT2D eigenvalue weighted by Crippen LogP contribution is 2.46. The molecule has 0 saturated carbocycles. The van der Waals surface area contributed by atoms with Crippen LogP contribution in [0, 0.1) is 16.0 Å². The van der Waals surface area contributed by atoms with Crippen LogP contribution >= 0.6 is 0 Å². The van der Waals surface area contributed by atoms with E-state index in [-0.39, 0.29) is 59.5 Å². The van der Waals surface area contributed by atoms with Crippen molar-refractivity contribution in [1.82, 2.24) is 10.2 Å². The summed E-state index contributed by atoms with van der Waals surface area (Å²) in [6, 6.07) is 14.4. The number of carbonyl (C=O) groups excluding carboxylic acids is 3. The van der Waals surface area contributed by atoms with Crippen molar-refractivity contribution in [2.24, 2.45) is 5.92 Å². The minimum absolute atomic E-state index is 0.0379. The summed E-state index contributed by atoms with van der Waals surface area (Å²) in [5.41, 5.74) is 1.21. The van der Waals surface area contributed by atoms with Crippen molar-refractivity contribution < 1.29 is 28.6 Å². The SMILES string of the molecule is CCC1C(=O)N2C(C(=O)OCc3ccc([N+](=O)[O-])cc3)=C([S+]([O-])C(C)NC(=O)Cc3ccccc3)CC12. The van der Waals surface area contributed by atoms with Gasteiger partial charge in [0.1, 0.15) is 6.61 Å². The van der Waals surface area contributed by atoms with Crippen molar-refractivity contribution in [1.29, 1.82) is 0 Å². The smallest absolute Gasteiger partial charge is 0.360 e. The van der Waals surface area contributed by atoms with Crippen LogP contribution in [0.1, 0.15) is 37.8 Å². The molecule has 4 atom stereocenters. The number of esters is 1. The number of nitro benzene ring substituents is 1. The standard InChI is InChI=1S/C26H27N3O7S/c1-3-20-21-14-22(37(35)16(2)27-23(30)13-17-7-5-4-6-8-17)24(28(21)25(20)31)26(32)36-15-18-9-11-19(12-10-18)29(33)34/h4-12,16,20-21H,3,13-15H2,1-2H3,(H,27,30). The predicted octanol–water partition coefficient (Wildman–Crippen LogP) is 2.94. The molecule has 2 heterocycles. The van der Waals surface area contributed by atoms with Gasteiger partial charge in [-0.15, -0.1) is 0 Å². The first kappa shape index (κ1) is 26.4. The molecule has 10 nitrogen and oxygen atoms in total. The topological polar surface area (TPSA) is 142 Å². The summed E-state index contributed by atoms with van der Waals surface area (Å²) in [6.45, 7) is 3.31. The summed E-state index contributed by atoms with van der Waals surface area (Å²) < 4.78 is 18.9. The maximum Gasteiger partial charge on any atom is 0.360 e. The molecule has 1 N–H and O–H groups in total. The number of amides is 2. The van der Waals surface area contributed by atoms with Crippen molar-refractivity contribution >= 4 is 34.6 Å². The second-order valence-corrected chi connectivity index (χ2v) is 10.7. The average Bonchev–Trinajstić information content (AvgIpc) is 3.23. The van der Waals surface area contributed by atoms with Crippen molar-refractivity contribution in [3.8, 4) is 0 Å². The Morgan fingerprint density at radius 3 is 2.46 bits per heavy atom. The van der Waals surface area contributed by atoms with Gasteiger partial charge < -0.3 is 14.6 Å². The third kappa shape index (κ3) is 5.52. The Morgan fingerprint density at radius 1 is 1.16 bits per heavy atom. The summed E-state index contributed by atoms with van der Waals surface area (Å²) in [5.74, 6) is -1.59. The number of nitrogens with zero attached hydrogens (tertiary/aromatic N) is 2. The Hall–Kier alpha value is -3.70. The quantitative estimate of drug-likeness (QED) is 0.165. The fraction of sp³-hybridized carbons (Fsp3) is 0.346. The Kier molecular flexibility index (Phi) is 7.94. The fourth-order valence-electron chi connectivity index (χ4n) is 4.63. The zero-order valence-electron chi connectivity index (χ0n) is 20.4. The van der Waals surface area contributed by atoms with Crippen LogP contribution in [0.3, 0.4) is 0 Å². The minimum atomic E-state index is -1.78. The van der Waals surface area contributed by atoms with Crippen molar-refractivity contribution in [2.75, 3.05) is 0 Å². The zero-order valence-corrected chi connectivity index (χ0v) is 21.2. The predicted molar refractivity (Wildman–Crippen MR) is 135 cm³/mol. The van der Waals surface area contributed by atoms with Crippen molar-refractivity contribution in [3.63, 3.8) is 0 Å². The van der Waals surface area contributed by atoms with Crippen LogP contribution in [0.5, 0.6) is 0 Å². The molecular weight excluding hydrogens is 498 g/mol. The lowest BCUT2D eigenvalue weighted by molar-refractivity contribution is -0.384. The number of rotatable bonds is 10. The molecule has 2 aromatic rings. The van der Waals surface area contributed by atoms with Gasteiger partial charge in [-0.3, -0.25) is 24.6 Å². The van der Waals surface area contributed by atoms with Crippen LogP contribution in [-0.4, -0.2) is 43.6 Å². The molecular formula is C26H27N3O7S. The molecule has 11 heteroatoms. The van der Waals surface area contributed by atoms with Crippen LogP contribution < -0.4 is 5.32 Å². The molecule has 0 radical (unpaired) electrons. The largest absolute Gasteiger partial charge is 0.610 e. The van der Waals surface area contributed by atoms with Crippen molar-refractivity contribution in [3.05, 3.63) is 86.4 Å². The molecule has 2 aliphatic rings.